The first-order chi connectivity index (χ1) is 8.65. The van der Waals surface area contributed by atoms with Crippen LogP contribution in [-0.2, 0) is 0 Å². The number of rotatable bonds is 3. The van der Waals surface area contributed by atoms with E-state index in [9.17, 15) is 4.79 Å². The van der Waals surface area contributed by atoms with Crippen LogP contribution in [0, 0.1) is 13.8 Å². The molecule has 0 atom stereocenters. The van der Waals surface area contributed by atoms with Crippen LogP contribution < -0.4 is 0 Å². The molecule has 90 valence electrons. The monoisotopic (exact) mass is 237 g/mol. The van der Waals surface area contributed by atoms with Crippen molar-refractivity contribution in [3.05, 3.63) is 71.1 Å². The minimum atomic E-state index is -0.0249. The van der Waals surface area contributed by atoms with Crippen LogP contribution in [0.25, 0.3) is 6.08 Å². The summed E-state index contributed by atoms with van der Waals surface area (Å²) in [6.07, 6.45) is 5.01. The summed E-state index contributed by atoms with van der Waals surface area (Å²) in [5, 5.41) is 0. The summed E-state index contributed by atoms with van der Waals surface area (Å²) in [5.74, 6) is -0.0249. The van der Waals surface area contributed by atoms with Crippen LogP contribution in [0.1, 0.15) is 27.2 Å². The SMILES string of the molecule is Cc1ccc(C=CC(=O)c2ccc(C)nc2)cc1. The first-order valence-corrected chi connectivity index (χ1v) is 5.87. The Hall–Kier alpha value is -2.22. The normalized spacial score (nSPS) is 10.8. The maximum absolute atomic E-state index is 11.9. The number of allylic oxidation sites excluding steroid dienone is 1. The fourth-order valence-electron chi connectivity index (χ4n) is 1.56. The number of hydrogen-bond acceptors (Lipinski definition) is 2. The highest BCUT2D eigenvalue weighted by atomic mass is 16.1. The lowest BCUT2D eigenvalue weighted by Crippen LogP contribution is -1.95. The van der Waals surface area contributed by atoms with Crippen molar-refractivity contribution in [2.45, 2.75) is 13.8 Å². The molecule has 0 saturated heterocycles. The third kappa shape index (κ3) is 3.14. The molecule has 0 fully saturated rings. The molecule has 2 aromatic rings. The summed E-state index contributed by atoms with van der Waals surface area (Å²) < 4.78 is 0. The summed E-state index contributed by atoms with van der Waals surface area (Å²) in [6, 6.07) is 11.7. The predicted molar refractivity (Wildman–Crippen MR) is 73.5 cm³/mol. The molecule has 18 heavy (non-hydrogen) atoms. The number of benzene rings is 1. The van der Waals surface area contributed by atoms with Gasteiger partial charge in [-0.25, -0.2) is 0 Å². The molecule has 0 N–H and O–H groups in total. The van der Waals surface area contributed by atoms with Crippen LogP contribution in [-0.4, -0.2) is 10.8 Å². The second kappa shape index (κ2) is 5.41. The Morgan fingerprint density at radius 2 is 1.78 bits per heavy atom. The summed E-state index contributed by atoms with van der Waals surface area (Å²) in [7, 11) is 0. The Balaban J connectivity index is 2.11. The summed E-state index contributed by atoms with van der Waals surface area (Å²) in [5.41, 5.74) is 3.76. The smallest absolute Gasteiger partial charge is 0.187 e. The van der Waals surface area contributed by atoms with E-state index < -0.39 is 0 Å². The predicted octanol–water partition coefficient (Wildman–Crippen LogP) is 3.59. The Morgan fingerprint density at radius 1 is 1.06 bits per heavy atom. The topological polar surface area (TPSA) is 30.0 Å². The van der Waals surface area contributed by atoms with Crippen LogP contribution in [0.3, 0.4) is 0 Å². The minimum Gasteiger partial charge on any atom is -0.289 e. The van der Waals surface area contributed by atoms with E-state index in [0.717, 1.165) is 11.3 Å². The molecule has 0 bridgehead atoms. The van der Waals surface area contributed by atoms with Gasteiger partial charge in [0.25, 0.3) is 0 Å². The highest BCUT2D eigenvalue weighted by Gasteiger charge is 2.01. The summed E-state index contributed by atoms with van der Waals surface area (Å²) in [4.78, 5) is 16.0. The zero-order valence-corrected chi connectivity index (χ0v) is 10.6. The van der Waals surface area contributed by atoms with Gasteiger partial charge in [0.15, 0.2) is 5.78 Å². The molecule has 0 aliphatic carbocycles. The van der Waals surface area contributed by atoms with E-state index in [1.807, 2.05) is 50.3 Å². The summed E-state index contributed by atoms with van der Waals surface area (Å²) in [6.45, 7) is 3.94. The van der Waals surface area contributed by atoms with Crippen molar-refractivity contribution in [2.24, 2.45) is 0 Å². The zero-order valence-electron chi connectivity index (χ0n) is 10.6. The Morgan fingerprint density at radius 3 is 2.39 bits per heavy atom. The number of pyridine rings is 1. The molecule has 1 heterocycles. The number of carbonyl (C=O) groups is 1. The number of ketones is 1. The van der Waals surface area contributed by atoms with Gasteiger partial charge >= 0.3 is 0 Å². The largest absolute Gasteiger partial charge is 0.289 e. The second-order valence-corrected chi connectivity index (χ2v) is 4.30. The fourth-order valence-corrected chi connectivity index (χ4v) is 1.56. The van der Waals surface area contributed by atoms with Crippen LogP contribution in [0.5, 0.6) is 0 Å². The average Bonchev–Trinajstić information content (AvgIpc) is 2.38. The molecule has 0 spiro atoms. The summed E-state index contributed by atoms with van der Waals surface area (Å²) >= 11 is 0. The highest BCUT2D eigenvalue weighted by Crippen LogP contribution is 2.07. The highest BCUT2D eigenvalue weighted by molar-refractivity contribution is 6.06. The van der Waals surface area contributed by atoms with Crippen molar-refractivity contribution in [1.82, 2.24) is 4.98 Å². The van der Waals surface area contributed by atoms with Gasteiger partial charge < -0.3 is 0 Å². The van der Waals surface area contributed by atoms with E-state index in [2.05, 4.69) is 4.98 Å². The maximum atomic E-state index is 11.9. The van der Waals surface area contributed by atoms with Crippen molar-refractivity contribution in [2.75, 3.05) is 0 Å². The molecule has 2 nitrogen and oxygen atoms in total. The number of nitrogens with zero attached hydrogens (tertiary/aromatic N) is 1. The zero-order chi connectivity index (χ0) is 13.0. The lowest BCUT2D eigenvalue weighted by molar-refractivity contribution is 0.104. The lowest BCUT2D eigenvalue weighted by atomic mass is 10.1. The molecule has 1 aromatic carbocycles. The van der Waals surface area contributed by atoms with Crippen LogP contribution in [0.2, 0.25) is 0 Å². The van der Waals surface area contributed by atoms with Gasteiger partial charge in [0.05, 0.1) is 0 Å². The molecule has 0 unspecified atom stereocenters. The molecule has 0 amide bonds. The van der Waals surface area contributed by atoms with Crippen molar-refractivity contribution in [1.29, 1.82) is 0 Å². The first kappa shape index (κ1) is 12.2. The number of aryl methyl sites for hydroxylation is 2. The van der Waals surface area contributed by atoms with Gasteiger partial charge in [0.1, 0.15) is 0 Å². The fraction of sp³-hybridized carbons (Fsp3) is 0.125. The van der Waals surface area contributed by atoms with Gasteiger partial charge in [-0.1, -0.05) is 35.9 Å². The van der Waals surface area contributed by atoms with Crippen molar-refractivity contribution < 1.29 is 4.79 Å². The molecular weight excluding hydrogens is 222 g/mol. The molecule has 0 aliphatic heterocycles. The van der Waals surface area contributed by atoms with Gasteiger partial charge in [-0.2, -0.15) is 0 Å². The van der Waals surface area contributed by atoms with Gasteiger partial charge in [0, 0.05) is 17.5 Å². The maximum Gasteiger partial charge on any atom is 0.187 e. The van der Waals surface area contributed by atoms with Gasteiger partial charge in [-0.15, -0.1) is 0 Å². The van der Waals surface area contributed by atoms with E-state index in [4.69, 9.17) is 0 Å². The Labute approximate surface area is 107 Å². The Kier molecular flexibility index (Phi) is 3.68. The standard InChI is InChI=1S/C16H15NO/c1-12-3-6-14(7-4-12)8-10-16(18)15-9-5-13(2)17-11-15/h3-11H,1-2H3. The van der Waals surface area contributed by atoms with Gasteiger partial charge in [0.2, 0.25) is 0 Å². The average molecular weight is 237 g/mol. The number of hydrogen-bond donors (Lipinski definition) is 0. The van der Waals surface area contributed by atoms with Crippen LogP contribution in [0.4, 0.5) is 0 Å². The molecule has 0 radical (unpaired) electrons. The first-order valence-electron chi connectivity index (χ1n) is 5.87. The molecular formula is C16H15NO. The molecule has 0 aliphatic rings. The van der Waals surface area contributed by atoms with E-state index in [0.29, 0.717) is 5.56 Å². The number of carbonyl (C=O) groups excluding carboxylic acids is 1. The molecule has 2 rings (SSSR count). The van der Waals surface area contributed by atoms with Crippen LogP contribution >= 0.6 is 0 Å². The van der Waals surface area contributed by atoms with Gasteiger partial charge in [-0.3, -0.25) is 9.78 Å². The van der Waals surface area contributed by atoms with Crippen molar-refractivity contribution >= 4 is 11.9 Å². The van der Waals surface area contributed by atoms with Crippen LogP contribution in [0.15, 0.2) is 48.7 Å². The van der Waals surface area contributed by atoms with Gasteiger partial charge in [-0.05, 0) is 37.6 Å². The quantitative estimate of drug-likeness (QED) is 0.603. The van der Waals surface area contributed by atoms with E-state index in [1.54, 1.807) is 18.3 Å². The second-order valence-electron chi connectivity index (χ2n) is 4.30. The third-order valence-corrected chi connectivity index (χ3v) is 2.70. The third-order valence-electron chi connectivity index (χ3n) is 2.70. The van der Waals surface area contributed by atoms with E-state index in [1.165, 1.54) is 5.56 Å². The lowest BCUT2D eigenvalue weighted by Gasteiger charge is -1.97. The molecule has 2 heteroatoms. The van der Waals surface area contributed by atoms with Crippen molar-refractivity contribution in [3.63, 3.8) is 0 Å². The Bertz CT molecular complexity index is 565. The van der Waals surface area contributed by atoms with E-state index in [-0.39, 0.29) is 5.78 Å². The van der Waals surface area contributed by atoms with Crippen molar-refractivity contribution in [3.8, 4) is 0 Å². The molecule has 0 saturated carbocycles. The minimum absolute atomic E-state index is 0.0249. The van der Waals surface area contributed by atoms with E-state index >= 15 is 0 Å². The number of aromatic nitrogens is 1. The molecule has 1 aromatic heterocycles.